The van der Waals surface area contributed by atoms with E-state index in [2.05, 4.69) is 5.32 Å². The molecule has 0 aromatic rings. The Kier molecular flexibility index (Phi) is 5.75. The van der Waals surface area contributed by atoms with E-state index in [1.54, 1.807) is 0 Å². The van der Waals surface area contributed by atoms with E-state index < -0.39 is 36.5 Å². The molecule has 0 radical (unpaired) electrons. The molecule has 0 spiro atoms. The summed E-state index contributed by atoms with van der Waals surface area (Å²) >= 11 is 0. The van der Waals surface area contributed by atoms with Crippen LogP contribution in [0.25, 0.3) is 0 Å². The summed E-state index contributed by atoms with van der Waals surface area (Å²) in [5, 5.41) is 11.4. The summed E-state index contributed by atoms with van der Waals surface area (Å²) in [7, 11) is 1.39. The van der Waals surface area contributed by atoms with Gasteiger partial charge in [-0.15, -0.1) is 0 Å². The Morgan fingerprint density at radius 3 is 2.75 bits per heavy atom. The normalized spacial score (nSPS) is 21.1. The number of alkyl halides is 3. The SMILES string of the molecule is COCC(CO)NC(=O)C1CC(=O)N(CC(F)(F)F)C1. The minimum atomic E-state index is -4.48. The first kappa shape index (κ1) is 16.7. The maximum absolute atomic E-state index is 12.2. The van der Waals surface area contributed by atoms with Crippen LogP contribution in [0.4, 0.5) is 13.2 Å². The van der Waals surface area contributed by atoms with Crippen molar-refractivity contribution in [3.63, 3.8) is 0 Å². The molecule has 2 unspecified atom stereocenters. The first-order valence-corrected chi connectivity index (χ1v) is 6.01. The molecule has 1 saturated heterocycles. The number of likely N-dealkylation sites (tertiary alicyclic amines) is 1. The van der Waals surface area contributed by atoms with Gasteiger partial charge in [0.25, 0.3) is 0 Å². The summed E-state index contributed by atoms with van der Waals surface area (Å²) in [4.78, 5) is 23.8. The van der Waals surface area contributed by atoms with E-state index in [-0.39, 0.29) is 26.2 Å². The Bertz CT molecular complexity index is 362. The average molecular weight is 298 g/mol. The zero-order valence-electron chi connectivity index (χ0n) is 10.9. The molecule has 2 atom stereocenters. The predicted octanol–water partition coefficient (Wildman–Crippen LogP) is -0.479. The van der Waals surface area contributed by atoms with Crippen molar-refractivity contribution in [3.8, 4) is 0 Å². The molecule has 0 aliphatic carbocycles. The zero-order chi connectivity index (χ0) is 15.3. The van der Waals surface area contributed by atoms with Gasteiger partial charge in [-0.25, -0.2) is 0 Å². The number of methoxy groups -OCH3 is 1. The Morgan fingerprint density at radius 2 is 2.25 bits per heavy atom. The van der Waals surface area contributed by atoms with Gasteiger partial charge < -0.3 is 20.1 Å². The number of nitrogens with one attached hydrogen (secondary N) is 1. The van der Waals surface area contributed by atoms with Gasteiger partial charge in [-0.3, -0.25) is 9.59 Å². The minimum Gasteiger partial charge on any atom is -0.394 e. The number of hydrogen-bond donors (Lipinski definition) is 2. The van der Waals surface area contributed by atoms with E-state index in [4.69, 9.17) is 9.84 Å². The van der Waals surface area contributed by atoms with Crippen molar-refractivity contribution in [3.05, 3.63) is 0 Å². The number of amides is 2. The number of aliphatic hydroxyl groups excluding tert-OH is 1. The van der Waals surface area contributed by atoms with Crippen LogP contribution < -0.4 is 5.32 Å². The van der Waals surface area contributed by atoms with Gasteiger partial charge in [0.2, 0.25) is 11.8 Å². The van der Waals surface area contributed by atoms with Crippen LogP contribution in [-0.4, -0.2) is 67.5 Å². The second kappa shape index (κ2) is 6.89. The topological polar surface area (TPSA) is 78.9 Å². The van der Waals surface area contributed by atoms with E-state index >= 15 is 0 Å². The molecule has 1 aliphatic heterocycles. The fraction of sp³-hybridized carbons (Fsp3) is 0.818. The summed E-state index contributed by atoms with van der Waals surface area (Å²) in [6.07, 6.45) is -4.74. The fourth-order valence-electron chi connectivity index (χ4n) is 1.98. The van der Waals surface area contributed by atoms with Crippen LogP contribution >= 0.6 is 0 Å². The van der Waals surface area contributed by atoms with Crippen LogP contribution in [-0.2, 0) is 14.3 Å². The van der Waals surface area contributed by atoms with Gasteiger partial charge >= 0.3 is 6.18 Å². The number of ether oxygens (including phenoxy) is 1. The van der Waals surface area contributed by atoms with Crippen LogP contribution in [0, 0.1) is 5.92 Å². The third-order valence-electron chi connectivity index (χ3n) is 2.89. The predicted molar refractivity (Wildman–Crippen MR) is 61.6 cm³/mol. The fourth-order valence-corrected chi connectivity index (χ4v) is 1.98. The Balaban J connectivity index is 2.53. The van der Waals surface area contributed by atoms with Crippen molar-refractivity contribution < 1.29 is 32.6 Å². The molecule has 1 fully saturated rings. The Labute approximate surface area is 113 Å². The average Bonchev–Trinajstić information content (AvgIpc) is 2.68. The number of carbonyl (C=O) groups is 2. The summed E-state index contributed by atoms with van der Waals surface area (Å²) in [5.41, 5.74) is 0. The van der Waals surface area contributed by atoms with Crippen molar-refractivity contribution in [1.82, 2.24) is 10.2 Å². The van der Waals surface area contributed by atoms with Crippen LogP contribution in [0.3, 0.4) is 0 Å². The number of nitrogens with zero attached hydrogens (tertiary/aromatic N) is 1. The highest BCUT2D eigenvalue weighted by atomic mass is 19.4. The lowest BCUT2D eigenvalue weighted by Crippen LogP contribution is -2.44. The molecule has 0 aromatic heterocycles. The lowest BCUT2D eigenvalue weighted by atomic mass is 10.1. The van der Waals surface area contributed by atoms with Crippen molar-refractivity contribution in [1.29, 1.82) is 0 Å². The molecule has 116 valence electrons. The molecular weight excluding hydrogens is 281 g/mol. The highest BCUT2D eigenvalue weighted by Gasteiger charge is 2.40. The van der Waals surface area contributed by atoms with Crippen molar-refractivity contribution in [2.24, 2.45) is 5.92 Å². The molecule has 0 bridgehead atoms. The second-order valence-corrected chi connectivity index (χ2v) is 4.63. The first-order chi connectivity index (χ1) is 9.26. The van der Waals surface area contributed by atoms with Gasteiger partial charge in [-0.05, 0) is 0 Å². The summed E-state index contributed by atoms with van der Waals surface area (Å²) < 4.78 is 41.5. The van der Waals surface area contributed by atoms with Gasteiger partial charge in [0.05, 0.1) is 25.2 Å². The summed E-state index contributed by atoms with van der Waals surface area (Å²) in [6, 6.07) is -0.640. The van der Waals surface area contributed by atoms with E-state index in [0.29, 0.717) is 4.90 Å². The second-order valence-electron chi connectivity index (χ2n) is 4.63. The standard InChI is InChI=1S/C11H17F3N2O4/c1-20-5-8(4-17)15-10(19)7-2-9(18)16(3-7)6-11(12,13)14/h7-8,17H,2-6H2,1H3,(H,15,19). The maximum Gasteiger partial charge on any atom is 0.406 e. The van der Waals surface area contributed by atoms with Crippen LogP contribution in [0.5, 0.6) is 0 Å². The number of halogens is 3. The number of hydrogen-bond acceptors (Lipinski definition) is 4. The molecule has 1 aliphatic rings. The molecule has 2 N–H and O–H groups in total. The minimum absolute atomic E-state index is 0.0785. The summed E-state index contributed by atoms with van der Waals surface area (Å²) in [6.45, 7) is -1.89. The molecule has 6 nitrogen and oxygen atoms in total. The first-order valence-electron chi connectivity index (χ1n) is 6.01. The number of rotatable bonds is 6. The monoisotopic (exact) mass is 298 g/mol. The third-order valence-corrected chi connectivity index (χ3v) is 2.89. The van der Waals surface area contributed by atoms with Gasteiger partial charge in [0.15, 0.2) is 0 Å². The largest absolute Gasteiger partial charge is 0.406 e. The van der Waals surface area contributed by atoms with Crippen LogP contribution in [0.2, 0.25) is 0 Å². The Hall–Kier alpha value is -1.35. The molecule has 1 heterocycles. The van der Waals surface area contributed by atoms with Gasteiger partial charge in [0.1, 0.15) is 6.54 Å². The lowest BCUT2D eigenvalue weighted by molar-refractivity contribution is -0.157. The highest BCUT2D eigenvalue weighted by Crippen LogP contribution is 2.23. The molecule has 0 saturated carbocycles. The molecule has 20 heavy (non-hydrogen) atoms. The highest BCUT2D eigenvalue weighted by molar-refractivity contribution is 5.89. The number of carbonyl (C=O) groups excluding carboxylic acids is 2. The zero-order valence-corrected chi connectivity index (χ0v) is 10.9. The van der Waals surface area contributed by atoms with Crippen molar-refractivity contribution in [2.75, 3.05) is 33.4 Å². The van der Waals surface area contributed by atoms with E-state index in [9.17, 15) is 22.8 Å². The van der Waals surface area contributed by atoms with E-state index in [1.165, 1.54) is 7.11 Å². The van der Waals surface area contributed by atoms with E-state index in [0.717, 1.165) is 0 Å². The molecule has 1 rings (SSSR count). The molecule has 9 heteroatoms. The Morgan fingerprint density at radius 1 is 1.60 bits per heavy atom. The summed E-state index contributed by atoms with van der Waals surface area (Å²) in [5.74, 6) is -2.09. The maximum atomic E-state index is 12.2. The van der Waals surface area contributed by atoms with Gasteiger partial charge in [0, 0.05) is 20.1 Å². The van der Waals surface area contributed by atoms with Crippen molar-refractivity contribution in [2.45, 2.75) is 18.6 Å². The number of aliphatic hydroxyl groups is 1. The smallest absolute Gasteiger partial charge is 0.394 e. The van der Waals surface area contributed by atoms with Gasteiger partial charge in [-0.1, -0.05) is 0 Å². The van der Waals surface area contributed by atoms with Gasteiger partial charge in [-0.2, -0.15) is 13.2 Å². The third kappa shape index (κ3) is 4.97. The molecular formula is C11H17F3N2O4. The molecule has 2 amide bonds. The molecule has 0 aromatic carbocycles. The van der Waals surface area contributed by atoms with Crippen LogP contribution in [0.1, 0.15) is 6.42 Å². The van der Waals surface area contributed by atoms with Crippen molar-refractivity contribution >= 4 is 11.8 Å². The quantitative estimate of drug-likeness (QED) is 0.694. The van der Waals surface area contributed by atoms with E-state index in [1.807, 2.05) is 0 Å². The van der Waals surface area contributed by atoms with Crippen LogP contribution in [0.15, 0.2) is 0 Å². The lowest BCUT2D eigenvalue weighted by Gasteiger charge is -2.20.